The monoisotopic (exact) mass is 608 g/mol. The first-order valence-corrected chi connectivity index (χ1v) is 14.7. The molecule has 6 atom stereocenters. The molecule has 196 valence electrons. The molecule has 0 unspecified atom stereocenters. The second-order valence-electron chi connectivity index (χ2n) is 10.9. The van der Waals surface area contributed by atoms with Crippen LogP contribution >= 0.6 is 39.1 Å². The summed E-state index contributed by atoms with van der Waals surface area (Å²) in [5, 5.41) is 9.91. The number of carbonyl (C=O) groups is 4. The van der Waals surface area contributed by atoms with Crippen LogP contribution in [0.2, 0.25) is 0 Å². The molecule has 4 fully saturated rings. The molecule has 2 saturated carbocycles. The van der Waals surface area contributed by atoms with Crippen molar-refractivity contribution in [2.24, 2.45) is 17.8 Å². The summed E-state index contributed by atoms with van der Waals surface area (Å²) in [6, 6.07) is 6.25. The Hall–Kier alpha value is -1.90. The zero-order valence-electron chi connectivity index (χ0n) is 20.0. The minimum Gasteiger partial charge on any atom is -0.508 e. The SMILES string of the molecule is O=C1[C@H]2[C@H](CC=C3[C@H]2C[C@@]2(Cl)C(=O)N(CBr)C(=O)[C@@]2(Cl)[C@H]3c2ccc(O)cc2)C(=O)N1C1CCCCC1. The molecular weight excluding hydrogens is 583 g/mol. The van der Waals surface area contributed by atoms with E-state index >= 15 is 0 Å². The van der Waals surface area contributed by atoms with Crippen molar-refractivity contribution in [3.63, 3.8) is 0 Å². The Morgan fingerprint density at radius 2 is 1.62 bits per heavy atom. The largest absolute Gasteiger partial charge is 0.508 e. The zero-order valence-corrected chi connectivity index (χ0v) is 23.1. The van der Waals surface area contributed by atoms with Crippen molar-refractivity contribution in [3.8, 4) is 5.75 Å². The molecule has 2 aliphatic heterocycles. The Morgan fingerprint density at radius 3 is 2.27 bits per heavy atom. The molecule has 1 aromatic carbocycles. The number of phenols is 1. The summed E-state index contributed by atoms with van der Waals surface area (Å²) in [6.07, 6.45) is 7.02. The zero-order chi connectivity index (χ0) is 26.3. The number of hydrogen-bond donors (Lipinski definition) is 1. The lowest BCUT2D eigenvalue weighted by molar-refractivity contribution is -0.144. The van der Waals surface area contributed by atoms with Gasteiger partial charge in [-0.1, -0.05) is 59.0 Å². The second kappa shape index (κ2) is 8.82. The Balaban J connectivity index is 1.48. The molecule has 1 N–H and O–H groups in total. The minimum atomic E-state index is -1.82. The quantitative estimate of drug-likeness (QED) is 0.237. The molecule has 7 nitrogen and oxygen atoms in total. The van der Waals surface area contributed by atoms with Gasteiger partial charge in [-0.2, -0.15) is 0 Å². The lowest BCUT2D eigenvalue weighted by Crippen LogP contribution is -2.60. The highest BCUT2D eigenvalue weighted by Gasteiger charge is 2.76. The molecule has 37 heavy (non-hydrogen) atoms. The Labute approximate surface area is 233 Å². The van der Waals surface area contributed by atoms with E-state index in [2.05, 4.69) is 15.9 Å². The normalized spacial score (nSPS) is 38.0. The van der Waals surface area contributed by atoms with E-state index in [0.29, 0.717) is 12.0 Å². The van der Waals surface area contributed by atoms with Crippen LogP contribution in [0.5, 0.6) is 5.75 Å². The van der Waals surface area contributed by atoms with Crippen molar-refractivity contribution in [2.75, 3.05) is 5.45 Å². The van der Waals surface area contributed by atoms with Crippen molar-refractivity contribution < 1.29 is 24.3 Å². The van der Waals surface area contributed by atoms with Crippen molar-refractivity contribution in [1.82, 2.24) is 9.80 Å². The Morgan fingerprint density at radius 1 is 0.946 bits per heavy atom. The molecule has 5 aliphatic rings. The molecule has 10 heteroatoms. The average molecular weight is 610 g/mol. The summed E-state index contributed by atoms with van der Waals surface area (Å²) in [6.45, 7) is 0. The van der Waals surface area contributed by atoms with Crippen LogP contribution in [0.3, 0.4) is 0 Å². The first kappa shape index (κ1) is 25.4. The van der Waals surface area contributed by atoms with Gasteiger partial charge in [-0.25, -0.2) is 0 Å². The van der Waals surface area contributed by atoms with Gasteiger partial charge in [-0.15, -0.1) is 23.2 Å². The highest BCUT2D eigenvalue weighted by Crippen LogP contribution is 2.65. The van der Waals surface area contributed by atoms with Gasteiger partial charge in [-0.3, -0.25) is 29.0 Å². The number of nitrogens with zero attached hydrogens (tertiary/aromatic N) is 2. The van der Waals surface area contributed by atoms with Crippen LogP contribution in [0.4, 0.5) is 0 Å². The summed E-state index contributed by atoms with van der Waals surface area (Å²) in [4.78, 5) is 53.7. The van der Waals surface area contributed by atoms with Gasteiger partial charge < -0.3 is 5.11 Å². The average Bonchev–Trinajstić information content (AvgIpc) is 3.23. The third-order valence-corrected chi connectivity index (χ3v) is 11.1. The summed E-state index contributed by atoms with van der Waals surface area (Å²) in [7, 11) is 0. The number of alkyl halides is 3. The molecule has 2 heterocycles. The third kappa shape index (κ3) is 3.31. The third-order valence-electron chi connectivity index (χ3n) is 9.22. The predicted octanol–water partition coefficient (Wildman–Crippen LogP) is 4.44. The van der Waals surface area contributed by atoms with Crippen LogP contribution in [-0.2, 0) is 19.2 Å². The van der Waals surface area contributed by atoms with E-state index in [1.165, 1.54) is 17.0 Å². The Bertz CT molecular complexity index is 1230. The summed E-state index contributed by atoms with van der Waals surface area (Å²) < 4.78 is 0. The van der Waals surface area contributed by atoms with E-state index in [4.69, 9.17) is 23.2 Å². The van der Waals surface area contributed by atoms with E-state index in [1.807, 2.05) is 6.08 Å². The Kier molecular flexibility index (Phi) is 6.05. The number of rotatable bonds is 3. The van der Waals surface area contributed by atoms with Gasteiger partial charge in [0.1, 0.15) is 5.75 Å². The summed E-state index contributed by atoms with van der Waals surface area (Å²) in [5.74, 6) is -3.96. The van der Waals surface area contributed by atoms with Gasteiger partial charge in [-0.05, 0) is 49.3 Å². The number of benzene rings is 1. The molecule has 1 aromatic rings. The fraction of sp³-hybridized carbons (Fsp3) is 0.556. The molecular formula is C27H27BrCl2N2O5. The maximum Gasteiger partial charge on any atom is 0.254 e. The van der Waals surface area contributed by atoms with E-state index in [1.54, 1.807) is 12.1 Å². The number of fused-ring (bicyclic) bond motifs is 4. The number of likely N-dealkylation sites (tertiary alicyclic amines) is 2. The molecule has 4 amide bonds. The van der Waals surface area contributed by atoms with Gasteiger partial charge in [0.15, 0.2) is 9.75 Å². The van der Waals surface area contributed by atoms with E-state index in [0.717, 1.165) is 42.6 Å². The van der Waals surface area contributed by atoms with Gasteiger partial charge in [0.05, 0.1) is 17.3 Å². The van der Waals surface area contributed by atoms with E-state index in [-0.39, 0.29) is 35.5 Å². The summed E-state index contributed by atoms with van der Waals surface area (Å²) >= 11 is 17.6. The molecule has 0 radical (unpaired) electrons. The molecule has 3 aliphatic carbocycles. The topological polar surface area (TPSA) is 95.0 Å². The highest BCUT2D eigenvalue weighted by atomic mass is 79.9. The predicted molar refractivity (Wildman–Crippen MR) is 140 cm³/mol. The lowest BCUT2D eigenvalue weighted by atomic mass is 9.56. The minimum absolute atomic E-state index is 0.00869. The van der Waals surface area contributed by atoms with E-state index in [9.17, 15) is 24.3 Å². The maximum atomic E-state index is 13.9. The molecule has 0 spiro atoms. The maximum absolute atomic E-state index is 13.9. The number of carbonyl (C=O) groups excluding carboxylic acids is 4. The summed E-state index contributed by atoms with van der Waals surface area (Å²) in [5.41, 5.74) is 1.33. The molecule has 0 aromatic heterocycles. The number of allylic oxidation sites excluding steroid dienone is 2. The fourth-order valence-electron chi connectivity index (χ4n) is 7.52. The van der Waals surface area contributed by atoms with Crippen LogP contribution in [0.1, 0.15) is 56.4 Å². The number of aromatic hydroxyl groups is 1. The standard InChI is InChI=1S/C27H27BrCl2N2O5/c28-13-31-24(36)26(29)12-19-17(21(27(26,30)25(31)37)14-6-8-16(33)9-7-14)10-11-18-20(19)23(35)32(22(18)34)15-4-2-1-3-5-15/h6-10,15,18-21,33H,1-5,11-13H2/t18-,19+,20-,21-,26+,27-/m0/s1. The van der Waals surface area contributed by atoms with Crippen LogP contribution < -0.4 is 0 Å². The number of imide groups is 2. The van der Waals surface area contributed by atoms with Crippen molar-refractivity contribution >= 4 is 62.8 Å². The number of hydrogen-bond acceptors (Lipinski definition) is 5. The molecule has 0 bridgehead atoms. The number of halogens is 3. The van der Waals surface area contributed by atoms with Gasteiger partial charge >= 0.3 is 0 Å². The fourth-order valence-corrected chi connectivity index (χ4v) is 8.94. The number of amides is 4. The smallest absolute Gasteiger partial charge is 0.254 e. The molecule has 2 saturated heterocycles. The van der Waals surface area contributed by atoms with Crippen LogP contribution in [0.15, 0.2) is 35.9 Å². The first-order valence-electron chi connectivity index (χ1n) is 12.8. The van der Waals surface area contributed by atoms with Gasteiger partial charge in [0.2, 0.25) is 11.8 Å². The van der Waals surface area contributed by atoms with Gasteiger partial charge in [0, 0.05) is 12.0 Å². The van der Waals surface area contributed by atoms with E-state index < -0.39 is 45.2 Å². The molecule has 6 rings (SSSR count). The van der Waals surface area contributed by atoms with Crippen LogP contribution in [0.25, 0.3) is 0 Å². The van der Waals surface area contributed by atoms with Crippen LogP contribution in [0, 0.1) is 17.8 Å². The van der Waals surface area contributed by atoms with Crippen LogP contribution in [-0.4, -0.2) is 59.8 Å². The highest BCUT2D eigenvalue weighted by molar-refractivity contribution is 9.09. The lowest BCUT2D eigenvalue weighted by Gasteiger charge is -2.50. The van der Waals surface area contributed by atoms with Crippen molar-refractivity contribution in [1.29, 1.82) is 0 Å². The second-order valence-corrected chi connectivity index (χ2v) is 12.7. The van der Waals surface area contributed by atoms with Crippen molar-refractivity contribution in [3.05, 3.63) is 41.5 Å². The van der Waals surface area contributed by atoms with Crippen molar-refractivity contribution in [2.45, 2.75) is 66.7 Å². The number of phenolic OH excluding ortho intramolecular Hbond substituents is 1. The van der Waals surface area contributed by atoms with Gasteiger partial charge in [0.25, 0.3) is 11.8 Å². The first-order chi connectivity index (χ1) is 17.6.